The van der Waals surface area contributed by atoms with Crippen molar-refractivity contribution >= 4 is 5.97 Å². The van der Waals surface area contributed by atoms with Gasteiger partial charge in [0.1, 0.15) is 0 Å². The average Bonchev–Trinajstić information content (AvgIpc) is 2.14. The van der Waals surface area contributed by atoms with Gasteiger partial charge in [-0.2, -0.15) is 0 Å². The van der Waals surface area contributed by atoms with E-state index in [1.807, 2.05) is 13.8 Å². The Labute approximate surface area is 80.6 Å². The highest BCUT2D eigenvalue weighted by Gasteiger charge is 1.96. The van der Waals surface area contributed by atoms with Crippen molar-refractivity contribution < 1.29 is 9.53 Å². The molecule has 0 bridgehead atoms. The predicted molar refractivity (Wildman–Crippen MR) is 56.4 cm³/mol. The molecule has 74 valence electrons. The molecule has 0 amide bonds. The molecule has 2 nitrogen and oxygen atoms in total. The zero-order valence-electron chi connectivity index (χ0n) is 8.45. The van der Waals surface area contributed by atoms with Crippen LogP contribution in [0.5, 0.6) is 0 Å². The summed E-state index contributed by atoms with van der Waals surface area (Å²) in [6, 6.07) is 0. The molecular formula is C11H18O2. The van der Waals surface area contributed by atoms with E-state index in [4.69, 9.17) is 4.74 Å². The molecule has 0 rings (SSSR count). The first-order valence-electron chi connectivity index (χ1n) is 4.11. The minimum Gasteiger partial charge on any atom is -0.462 e. The van der Waals surface area contributed by atoms with Crippen LogP contribution in [0, 0.1) is 5.92 Å². The predicted octanol–water partition coefficient (Wildman–Crippen LogP) is 2.73. The first-order valence-corrected chi connectivity index (χ1v) is 4.11. The van der Waals surface area contributed by atoms with Crippen molar-refractivity contribution in [3.05, 3.63) is 38.0 Å². The van der Waals surface area contributed by atoms with Crippen LogP contribution in [0.15, 0.2) is 38.0 Å². The minimum absolute atomic E-state index is 0.344. The Morgan fingerprint density at radius 2 is 1.77 bits per heavy atom. The number of hydrogen-bond donors (Lipinski definition) is 0. The van der Waals surface area contributed by atoms with E-state index in [0.717, 1.165) is 0 Å². The van der Waals surface area contributed by atoms with Crippen molar-refractivity contribution in [2.75, 3.05) is 6.61 Å². The average molecular weight is 182 g/mol. The highest BCUT2D eigenvalue weighted by atomic mass is 16.5. The molecule has 0 aromatic heterocycles. The Balaban J connectivity index is 0. The van der Waals surface area contributed by atoms with Crippen molar-refractivity contribution in [2.24, 2.45) is 5.92 Å². The summed E-state index contributed by atoms with van der Waals surface area (Å²) in [5, 5.41) is 0. The van der Waals surface area contributed by atoms with E-state index in [0.29, 0.717) is 12.5 Å². The van der Waals surface area contributed by atoms with E-state index >= 15 is 0 Å². The maximum absolute atomic E-state index is 10.4. The number of carbonyl (C=O) groups is 1. The van der Waals surface area contributed by atoms with Crippen LogP contribution >= 0.6 is 0 Å². The van der Waals surface area contributed by atoms with Crippen LogP contribution in [-0.2, 0) is 9.53 Å². The number of esters is 1. The van der Waals surface area contributed by atoms with Crippen molar-refractivity contribution in [3.8, 4) is 0 Å². The largest absolute Gasteiger partial charge is 0.462 e. The molecule has 0 aliphatic heterocycles. The van der Waals surface area contributed by atoms with Crippen LogP contribution in [0.4, 0.5) is 0 Å². The molecule has 0 fully saturated rings. The lowest BCUT2D eigenvalue weighted by atomic mass is 10.2. The third kappa shape index (κ3) is 18.0. The van der Waals surface area contributed by atoms with E-state index in [1.54, 1.807) is 12.2 Å². The van der Waals surface area contributed by atoms with Crippen LogP contribution < -0.4 is 0 Å². The number of ether oxygens (including phenoxy) is 1. The van der Waals surface area contributed by atoms with Gasteiger partial charge in [-0.3, -0.25) is 0 Å². The number of carbonyl (C=O) groups excluding carboxylic acids is 1. The summed E-state index contributed by atoms with van der Waals surface area (Å²) >= 11 is 0. The highest BCUT2D eigenvalue weighted by molar-refractivity contribution is 5.81. The molecular weight excluding hydrogens is 164 g/mol. The van der Waals surface area contributed by atoms with E-state index in [9.17, 15) is 4.79 Å². The van der Waals surface area contributed by atoms with Gasteiger partial charge in [0, 0.05) is 6.08 Å². The summed E-state index contributed by atoms with van der Waals surface area (Å²) in [5.41, 5.74) is 0. The van der Waals surface area contributed by atoms with E-state index in [1.165, 1.54) is 6.08 Å². The Morgan fingerprint density at radius 1 is 1.31 bits per heavy atom. The SMILES string of the molecule is C=CC(=O)OCC(C)C.C=CC=C. The number of rotatable bonds is 4. The fourth-order valence-electron chi connectivity index (χ4n) is 0.308. The Kier molecular flexibility index (Phi) is 11.7. The fourth-order valence-corrected chi connectivity index (χ4v) is 0.308. The van der Waals surface area contributed by atoms with Gasteiger partial charge in [-0.1, -0.05) is 45.7 Å². The first kappa shape index (κ1) is 14.2. The van der Waals surface area contributed by atoms with Gasteiger partial charge in [-0.25, -0.2) is 4.79 Å². The van der Waals surface area contributed by atoms with Gasteiger partial charge in [0.25, 0.3) is 0 Å². The van der Waals surface area contributed by atoms with Gasteiger partial charge in [-0.15, -0.1) is 0 Å². The Hall–Kier alpha value is -1.31. The lowest BCUT2D eigenvalue weighted by Crippen LogP contribution is -2.06. The maximum Gasteiger partial charge on any atom is 0.330 e. The molecule has 0 heterocycles. The molecule has 0 spiro atoms. The summed E-state index contributed by atoms with van der Waals surface area (Å²) in [6.45, 7) is 14.4. The van der Waals surface area contributed by atoms with E-state index in [-0.39, 0.29) is 5.97 Å². The van der Waals surface area contributed by atoms with E-state index < -0.39 is 0 Å². The Bertz CT molecular complexity index is 163. The molecule has 2 heteroatoms. The summed E-state index contributed by atoms with van der Waals surface area (Å²) in [7, 11) is 0. The molecule has 0 radical (unpaired) electrons. The van der Waals surface area contributed by atoms with Gasteiger partial charge in [0.05, 0.1) is 6.61 Å². The zero-order valence-corrected chi connectivity index (χ0v) is 8.45. The first-order chi connectivity index (χ1) is 6.08. The maximum atomic E-state index is 10.4. The van der Waals surface area contributed by atoms with Crippen molar-refractivity contribution in [3.63, 3.8) is 0 Å². The molecule has 0 aliphatic rings. The highest BCUT2D eigenvalue weighted by Crippen LogP contribution is 1.92. The standard InChI is InChI=1S/C7H12O2.C4H6/c1-4-7(8)9-5-6(2)3;1-3-4-2/h4,6H,1,5H2,2-3H3;3-4H,1-2H2. The van der Waals surface area contributed by atoms with Gasteiger partial charge in [0.15, 0.2) is 0 Å². The van der Waals surface area contributed by atoms with Crippen LogP contribution in [0.25, 0.3) is 0 Å². The monoisotopic (exact) mass is 182 g/mol. The zero-order chi connectivity index (χ0) is 10.7. The van der Waals surface area contributed by atoms with Crippen molar-refractivity contribution in [1.29, 1.82) is 0 Å². The lowest BCUT2D eigenvalue weighted by Gasteiger charge is -2.02. The van der Waals surface area contributed by atoms with Crippen LogP contribution in [0.1, 0.15) is 13.8 Å². The molecule has 0 saturated carbocycles. The van der Waals surface area contributed by atoms with Crippen molar-refractivity contribution in [2.45, 2.75) is 13.8 Å². The Morgan fingerprint density at radius 3 is 2.00 bits per heavy atom. The molecule has 0 unspecified atom stereocenters. The summed E-state index contributed by atoms with van der Waals surface area (Å²) in [5.74, 6) is 0.0533. The summed E-state index contributed by atoms with van der Waals surface area (Å²) in [6.07, 6.45) is 4.45. The van der Waals surface area contributed by atoms with Crippen LogP contribution in [0.3, 0.4) is 0 Å². The number of hydrogen-bond acceptors (Lipinski definition) is 2. The van der Waals surface area contributed by atoms with Crippen LogP contribution in [0.2, 0.25) is 0 Å². The molecule has 0 atom stereocenters. The van der Waals surface area contributed by atoms with Gasteiger partial charge in [-0.05, 0) is 5.92 Å². The van der Waals surface area contributed by atoms with Crippen LogP contribution in [-0.4, -0.2) is 12.6 Å². The molecule has 0 aliphatic carbocycles. The van der Waals surface area contributed by atoms with Gasteiger partial charge >= 0.3 is 5.97 Å². The number of allylic oxidation sites excluding steroid dienone is 2. The second-order valence-electron chi connectivity index (χ2n) is 2.70. The summed E-state index contributed by atoms with van der Waals surface area (Å²) in [4.78, 5) is 10.4. The minimum atomic E-state index is -0.344. The topological polar surface area (TPSA) is 26.3 Å². The second kappa shape index (κ2) is 10.7. The normalized spacial score (nSPS) is 7.92. The molecule has 0 N–H and O–H groups in total. The van der Waals surface area contributed by atoms with Gasteiger partial charge < -0.3 is 4.74 Å². The molecule has 0 aromatic carbocycles. The third-order valence-corrected chi connectivity index (χ3v) is 0.892. The molecule has 0 aromatic rings. The molecule has 0 saturated heterocycles. The molecule has 13 heavy (non-hydrogen) atoms. The summed E-state index contributed by atoms with van der Waals surface area (Å²) < 4.78 is 4.70. The smallest absolute Gasteiger partial charge is 0.330 e. The fraction of sp³-hybridized carbons (Fsp3) is 0.364. The lowest BCUT2D eigenvalue weighted by molar-refractivity contribution is -0.138. The quantitative estimate of drug-likeness (QED) is 0.379. The second-order valence-corrected chi connectivity index (χ2v) is 2.70. The van der Waals surface area contributed by atoms with E-state index in [2.05, 4.69) is 19.7 Å². The third-order valence-electron chi connectivity index (χ3n) is 0.892. The van der Waals surface area contributed by atoms with Crippen molar-refractivity contribution in [1.82, 2.24) is 0 Å². The van der Waals surface area contributed by atoms with Gasteiger partial charge in [0.2, 0.25) is 0 Å².